The van der Waals surface area contributed by atoms with E-state index in [4.69, 9.17) is 0 Å². The zero-order chi connectivity index (χ0) is 22.2. The maximum atomic E-state index is 9.62. The minimum atomic E-state index is 0.163. The average molecular weight is 421 g/mol. The third-order valence-electron chi connectivity index (χ3n) is 7.57. The summed E-state index contributed by atoms with van der Waals surface area (Å²) >= 11 is 0. The molecule has 0 unspecified atom stereocenters. The normalized spacial score (nSPS) is 19.4. The summed E-state index contributed by atoms with van der Waals surface area (Å²) in [5.74, 6) is 1.22. The number of hydrogen-bond acceptors (Lipinski definition) is 3. The van der Waals surface area contributed by atoms with Crippen LogP contribution in [0, 0.1) is 5.92 Å². The second-order valence-electron chi connectivity index (χ2n) is 11.0. The first-order valence-electron chi connectivity index (χ1n) is 12.4. The van der Waals surface area contributed by atoms with Crippen molar-refractivity contribution in [3.05, 3.63) is 12.1 Å². The average Bonchev–Trinajstić information content (AvgIpc) is 2.98. The Morgan fingerprint density at radius 1 is 0.733 bits per heavy atom. The number of unbranched alkanes of at least 4 members (excludes halogenated alkanes) is 9. The summed E-state index contributed by atoms with van der Waals surface area (Å²) in [7, 11) is 2.30. The minimum absolute atomic E-state index is 0.163. The van der Waals surface area contributed by atoms with Crippen molar-refractivity contribution in [2.45, 2.75) is 129 Å². The molecule has 1 fully saturated rings. The molecular formula is C26H48N2O2. The molecule has 0 spiro atoms. The molecule has 4 nitrogen and oxygen atoms in total. The molecule has 0 bridgehead atoms. The highest BCUT2D eigenvalue weighted by Crippen LogP contribution is 2.41. The van der Waals surface area contributed by atoms with E-state index in [9.17, 15) is 10.2 Å². The van der Waals surface area contributed by atoms with Gasteiger partial charge in [-0.3, -0.25) is 9.47 Å². The number of nitrogens with zero attached hydrogens (tertiary/aromatic N) is 2. The molecule has 0 atom stereocenters. The van der Waals surface area contributed by atoms with Crippen molar-refractivity contribution in [2.24, 2.45) is 5.92 Å². The summed E-state index contributed by atoms with van der Waals surface area (Å²) in [5.41, 5.74) is 0.657. The van der Waals surface area contributed by atoms with E-state index in [0.29, 0.717) is 17.6 Å². The Hall–Kier alpha value is -1.16. The fraction of sp³-hybridized carbons (Fsp3) is 0.846. The van der Waals surface area contributed by atoms with Gasteiger partial charge in [0.2, 0.25) is 0 Å². The maximum absolute atomic E-state index is 9.62. The Morgan fingerprint density at radius 3 is 1.60 bits per heavy atom. The standard InChI is InChI=1S/C26H48N2O2/c1-25(2)20-22(21-26(3,4)27(25)5)16-14-12-10-8-6-7-9-11-13-15-19-28-23(29)17-18-24(28)30/h17-18,22,29-30H,6-16,19-21H2,1-5H3. The number of rotatable bonds is 13. The van der Waals surface area contributed by atoms with Gasteiger partial charge in [-0.1, -0.05) is 64.2 Å². The van der Waals surface area contributed by atoms with Gasteiger partial charge in [0, 0.05) is 29.8 Å². The Kier molecular flexibility index (Phi) is 9.59. The quantitative estimate of drug-likeness (QED) is 0.335. The van der Waals surface area contributed by atoms with E-state index in [1.807, 2.05) is 0 Å². The van der Waals surface area contributed by atoms with Crippen molar-refractivity contribution in [2.75, 3.05) is 7.05 Å². The van der Waals surface area contributed by atoms with Crippen molar-refractivity contribution in [3.63, 3.8) is 0 Å². The van der Waals surface area contributed by atoms with E-state index < -0.39 is 0 Å². The van der Waals surface area contributed by atoms with E-state index in [1.165, 1.54) is 77.0 Å². The fourth-order valence-electron chi connectivity index (χ4n) is 5.58. The van der Waals surface area contributed by atoms with Gasteiger partial charge in [0.05, 0.1) is 0 Å². The molecule has 2 rings (SSSR count). The molecule has 0 amide bonds. The molecule has 174 valence electrons. The fourth-order valence-corrected chi connectivity index (χ4v) is 5.58. The maximum Gasteiger partial charge on any atom is 0.193 e. The van der Waals surface area contributed by atoms with Crippen LogP contribution >= 0.6 is 0 Å². The van der Waals surface area contributed by atoms with E-state index in [1.54, 1.807) is 16.7 Å². The monoisotopic (exact) mass is 420 g/mol. The highest BCUT2D eigenvalue weighted by molar-refractivity contribution is 5.23. The lowest BCUT2D eigenvalue weighted by atomic mass is 9.72. The van der Waals surface area contributed by atoms with Gasteiger partial charge in [0.25, 0.3) is 0 Å². The van der Waals surface area contributed by atoms with Crippen molar-refractivity contribution >= 4 is 0 Å². The van der Waals surface area contributed by atoms with Crippen LogP contribution in [0.1, 0.15) is 111 Å². The summed E-state index contributed by atoms with van der Waals surface area (Å²) in [5, 5.41) is 19.2. The molecule has 0 radical (unpaired) electrons. The van der Waals surface area contributed by atoms with Gasteiger partial charge in [-0.05, 0) is 59.9 Å². The van der Waals surface area contributed by atoms with Gasteiger partial charge >= 0.3 is 0 Å². The van der Waals surface area contributed by atoms with E-state index in [-0.39, 0.29) is 11.8 Å². The number of likely N-dealkylation sites (tertiary alicyclic amines) is 1. The number of piperidine rings is 1. The van der Waals surface area contributed by atoms with Crippen molar-refractivity contribution in [1.82, 2.24) is 9.47 Å². The molecule has 0 aliphatic carbocycles. The highest BCUT2D eigenvalue weighted by Gasteiger charge is 2.42. The molecule has 1 aliphatic rings. The lowest BCUT2D eigenvalue weighted by molar-refractivity contribution is -0.0321. The van der Waals surface area contributed by atoms with Crippen LogP contribution in [0.3, 0.4) is 0 Å². The molecule has 1 aromatic rings. The van der Waals surface area contributed by atoms with Crippen molar-refractivity contribution in [3.8, 4) is 11.8 Å². The second kappa shape index (κ2) is 11.5. The third kappa shape index (κ3) is 7.51. The molecule has 1 aromatic heterocycles. The van der Waals surface area contributed by atoms with E-state index in [0.717, 1.165) is 12.3 Å². The topological polar surface area (TPSA) is 48.6 Å². The van der Waals surface area contributed by atoms with Crippen LogP contribution in [0.4, 0.5) is 0 Å². The molecule has 2 N–H and O–H groups in total. The zero-order valence-electron chi connectivity index (χ0n) is 20.4. The van der Waals surface area contributed by atoms with Crippen LogP contribution in [-0.2, 0) is 6.54 Å². The number of aromatic hydroxyl groups is 2. The van der Waals surface area contributed by atoms with Gasteiger partial charge in [-0.25, -0.2) is 0 Å². The van der Waals surface area contributed by atoms with Crippen LogP contribution < -0.4 is 0 Å². The molecule has 2 heterocycles. The Labute approximate surface area is 185 Å². The Bertz CT molecular complexity index is 583. The summed E-state index contributed by atoms with van der Waals surface area (Å²) < 4.78 is 1.58. The van der Waals surface area contributed by atoms with Crippen molar-refractivity contribution in [1.29, 1.82) is 0 Å². The van der Waals surface area contributed by atoms with Gasteiger partial charge < -0.3 is 10.2 Å². The summed E-state index contributed by atoms with van der Waals surface area (Å²) in [6.45, 7) is 10.4. The first-order valence-corrected chi connectivity index (χ1v) is 12.4. The highest BCUT2D eigenvalue weighted by atomic mass is 16.3. The molecule has 1 saturated heterocycles. The van der Waals surface area contributed by atoms with Crippen LogP contribution in [-0.4, -0.2) is 37.8 Å². The summed E-state index contributed by atoms with van der Waals surface area (Å²) in [4.78, 5) is 2.59. The lowest BCUT2D eigenvalue weighted by Crippen LogP contribution is -2.58. The van der Waals surface area contributed by atoms with Crippen LogP contribution in [0.15, 0.2) is 12.1 Å². The van der Waals surface area contributed by atoms with E-state index in [2.05, 4.69) is 39.6 Å². The van der Waals surface area contributed by atoms with Crippen LogP contribution in [0.5, 0.6) is 11.8 Å². The second-order valence-corrected chi connectivity index (χ2v) is 11.0. The van der Waals surface area contributed by atoms with Crippen LogP contribution in [0.2, 0.25) is 0 Å². The first-order chi connectivity index (χ1) is 14.1. The smallest absolute Gasteiger partial charge is 0.193 e. The summed E-state index contributed by atoms with van der Waals surface area (Å²) in [6.07, 6.45) is 17.1. The predicted molar refractivity (Wildman–Crippen MR) is 127 cm³/mol. The Balaban J connectivity index is 1.42. The number of aromatic nitrogens is 1. The first kappa shape index (κ1) is 25.1. The van der Waals surface area contributed by atoms with Gasteiger partial charge in [-0.15, -0.1) is 0 Å². The largest absolute Gasteiger partial charge is 0.494 e. The lowest BCUT2D eigenvalue weighted by Gasteiger charge is -2.54. The molecule has 0 saturated carbocycles. The predicted octanol–water partition coefficient (Wildman–Crippen LogP) is 7.09. The van der Waals surface area contributed by atoms with Crippen LogP contribution in [0.25, 0.3) is 0 Å². The number of hydrogen-bond donors (Lipinski definition) is 2. The molecule has 0 aromatic carbocycles. The summed E-state index contributed by atoms with van der Waals surface area (Å²) in [6, 6.07) is 3.09. The molecule has 4 heteroatoms. The van der Waals surface area contributed by atoms with Gasteiger partial charge in [0.15, 0.2) is 11.8 Å². The third-order valence-corrected chi connectivity index (χ3v) is 7.57. The Morgan fingerprint density at radius 2 is 1.13 bits per heavy atom. The molecular weight excluding hydrogens is 372 g/mol. The molecule has 30 heavy (non-hydrogen) atoms. The zero-order valence-corrected chi connectivity index (χ0v) is 20.4. The van der Waals surface area contributed by atoms with Gasteiger partial charge in [-0.2, -0.15) is 0 Å². The minimum Gasteiger partial charge on any atom is -0.494 e. The van der Waals surface area contributed by atoms with E-state index >= 15 is 0 Å². The molecule has 1 aliphatic heterocycles. The van der Waals surface area contributed by atoms with Crippen molar-refractivity contribution < 1.29 is 10.2 Å². The SMILES string of the molecule is CN1C(C)(C)CC(CCCCCCCCCCCCn2c(O)ccc2O)CC1(C)C. The van der Waals surface area contributed by atoms with Gasteiger partial charge in [0.1, 0.15) is 0 Å².